The van der Waals surface area contributed by atoms with Gasteiger partial charge < -0.3 is 14.7 Å². The van der Waals surface area contributed by atoms with E-state index in [0.717, 1.165) is 21.6 Å². The van der Waals surface area contributed by atoms with Crippen LogP contribution in [0.5, 0.6) is 0 Å². The Kier molecular flexibility index (Phi) is 4.97. The first-order chi connectivity index (χ1) is 13.0. The van der Waals surface area contributed by atoms with Crippen LogP contribution >= 0.6 is 11.3 Å². The van der Waals surface area contributed by atoms with E-state index in [2.05, 4.69) is 6.08 Å². The zero-order valence-electron chi connectivity index (χ0n) is 15.1. The summed E-state index contributed by atoms with van der Waals surface area (Å²) in [5, 5.41) is 10.3. The van der Waals surface area contributed by atoms with Crippen LogP contribution < -0.4 is 0 Å². The summed E-state index contributed by atoms with van der Waals surface area (Å²) in [5.41, 5.74) is 0.962. The van der Waals surface area contributed by atoms with E-state index >= 15 is 0 Å². The molecule has 142 valence electrons. The molecule has 2 aromatic rings. The van der Waals surface area contributed by atoms with Crippen LogP contribution in [0.15, 0.2) is 36.4 Å². The summed E-state index contributed by atoms with van der Waals surface area (Å²) in [6.45, 7) is 2.34. The number of aliphatic carboxylic acids is 1. The average molecular weight is 386 g/mol. The van der Waals surface area contributed by atoms with Crippen LogP contribution in [0.4, 0.5) is 0 Å². The number of nitrogens with zero attached hydrogens (tertiary/aromatic N) is 2. The summed E-state index contributed by atoms with van der Waals surface area (Å²) in [5.74, 6) is -1.20. The van der Waals surface area contributed by atoms with E-state index < -0.39 is 12.1 Å². The number of hydrogen-bond donors (Lipinski definition) is 1. The third kappa shape index (κ3) is 3.61. The smallest absolute Gasteiger partial charge is 0.334 e. The molecular weight excluding hydrogens is 364 g/mol. The van der Waals surface area contributed by atoms with Crippen LogP contribution in [-0.4, -0.2) is 52.2 Å². The van der Waals surface area contributed by atoms with E-state index in [0.29, 0.717) is 13.0 Å². The van der Waals surface area contributed by atoms with Gasteiger partial charge in [0.25, 0.3) is 0 Å². The fraction of sp³-hybridized carbons (Fsp3) is 0.450. The summed E-state index contributed by atoms with van der Waals surface area (Å²) in [6, 6.07) is 8.00. The third-order valence-electron chi connectivity index (χ3n) is 5.22. The molecule has 1 aliphatic heterocycles. The first-order valence-electron chi connectivity index (χ1n) is 9.20. The number of carboxylic acid groups (broad SMARTS) is 1. The largest absolute Gasteiger partial charge is 0.479 e. The molecule has 1 aliphatic carbocycles. The van der Waals surface area contributed by atoms with Gasteiger partial charge in [0, 0.05) is 12.5 Å². The quantitative estimate of drug-likeness (QED) is 0.820. The van der Waals surface area contributed by atoms with Crippen molar-refractivity contribution in [2.75, 3.05) is 13.1 Å². The van der Waals surface area contributed by atoms with Gasteiger partial charge in [0.15, 0.2) is 6.10 Å². The number of ether oxygens (including phenoxy) is 1. The van der Waals surface area contributed by atoms with Crippen LogP contribution in [0.2, 0.25) is 0 Å². The normalized spacial score (nSPS) is 28.4. The predicted molar refractivity (Wildman–Crippen MR) is 103 cm³/mol. The number of aromatic nitrogens is 1. The molecule has 0 spiro atoms. The monoisotopic (exact) mass is 386 g/mol. The molecule has 2 aliphatic rings. The highest BCUT2D eigenvalue weighted by molar-refractivity contribution is 7.18. The number of carboxylic acids is 1. The number of fused-ring (bicyclic) bond motifs is 1. The molecular formula is C20H22N2O4S. The number of benzene rings is 1. The van der Waals surface area contributed by atoms with Gasteiger partial charge in [0.2, 0.25) is 5.91 Å². The number of rotatable bonds is 3. The minimum atomic E-state index is -1.02. The Labute approximate surface area is 161 Å². The van der Waals surface area contributed by atoms with E-state index in [-0.39, 0.29) is 30.4 Å². The lowest BCUT2D eigenvalue weighted by Gasteiger charge is -2.38. The first-order valence-corrected chi connectivity index (χ1v) is 10.0. The van der Waals surface area contributed by atoms with Gasteiger partial charge in [0.1, 0.15) is 0 Å². The molecule has 7 heteroatoms. The fourth-order valence-electron chi connectivity index (χ4n) is 3.91. The Morgan fingerprint density at radius 1 is 1.22 bits per heavy atom. The minimum absolute atomic E-state index is 0.00464. The van der Waals surface area contributed by atoms with Crippen LogP contribution in [0.1, 0.15) is 30.7 Å². The maximum Gasteiger partial charge on any atom is 0.334 e. The summed E-state index contributed by atoms with van der Waals surface area (Å²) in [4.78, 5) is 31.1. The van der Waals surface area contributed by atoms with Crippen molar-refractivity contribution in [1.82, 2.24) is 9.88 Å². The molecule has 2 heterocycles. The zero-order chi connectivity index (χ0) is 19.0. The van der Waals surface area contributed by atoms with Crippen molar-refractivity contribution in [3.63, 3.8) is 0 Å². The van der Waals surface area contributed by atoms with Crippen LogP contribution in [-0.2, 0) is 14.3 Å². The van der Waals surface area contributed by atoms with Crippen molar-refractivity contribution in [2.45, 2.75) is 37.9 Å². The highest BCUT2D eigenvalue weighted by Crippen LogP contribution is 2.39. The van der Waals surface area contributed by atoms with Crippen molar-refractivity contribution in [1.29, 1.82) is 0 Å². The Balaban J connectivity index is 1.59. The lowest BCUT2D eigenvalue weighted by molar-refractivity contribution is -0.168. The number of morpholine rings is 1. The highest BCUT2D eigenvalue weighted by Gasteiger charge is 2.39. The third-order valence-corrected chi connectivity index (χ3v) is 6.39. The van der Waals surface area contributed by atoms with Crippen molar-refractivity contribution in [3.8, 4) is 0 Å². The molecule has 0 saturated carbocycles. The number of thiazole rings is 1. The molecule has 1 aromatic carbocycles. The van der Waals surface area contributed by atoms with E-state index in [9.17, 15) is 14.7 Å². The van der Waals surface area contributed by atoms with Crippen molar-refractivity contribution in [3.05, 3.63) is 41.4 Å². The number of amides is 1. The number of carbonyl (C=O) groups excluding carboxylic acids is 1. The van der Waals surface area contributed by atoms with Gasteiger partial charge in [-0.2, -0.15) is 0 Å². The summed E-state index contributed by atoms with van der Waals surface area (Å²) >= 11 is 1.64. The number of carbonyl (C=O) groups is 2. The second-order valence-electron chi connectivity index (χ2n) is 7.19. The Morgan fingerprint density at radius 3 is 2.78 bits per heavy atom. The Bertz CT molecular complexity index is 860. The molecule has 6 nitrogen and oxygen atoms in total. The number of para-hydroxylation sites is 1. The highest BCUT2D eigenvalue weighted by atomic mass is 32.1. The average Bonchev–Trinajstić information content (AvgIpc) is 3.11. The van der Waals surface area contributed by atoms with E-state index in [1.54, 1.807) is 23.2 Å². The maximum atomic E-state index is 13.3. The van der Waals surface area contributed by atoms with Gasteiger partial charge in [-0.05, 0) is 31.9 Å². The van der Waals surface area contributed by atoms with E-state index in [1.165, 1.54) is 0 Å². The van der Waals surface area contributed by atoms with Gasteiger partial charge in [-0.25, -0.2) is 9.78 Å². The second kappa shape index (κ2) is 7.40. The standard InChI is InChI=1S/C20H22N2O4S/c1-12-10-22(11-16(26-12)20(24)25)19(23)14-7-3-2-6-13(14)18-21-15-8-4-5-9-17(15)27-18/h2-5,8-9,12-14,16H,6-7,10-11H2,1H3,(H,24,25)/t12-,13?,14?,16?/m1/s1. The van der Waals surface area contributed by atoms with Gasteiger partial charge in [-0.15, -0.1) is 11.3 Å². The lowest BCUT2D eigenvalue weighted by atomic mass is 9.82. The van der Waals surface area contributed by atoms with Gasteiger partial charge in [-0.3, -0.25) is 4.79 Å². The summed E-state index contributed by atoms with van der Waals surface area (Å²) in [7, 11) is 0. The van der Waals surface area contributed by atoms with E-state index in [4.69, 9.17) is 9.72 Å². The minimum Gasteiger partial charge on any atom is -0.479 e. The van der Waals surface area contributed by atoms with Crippen molar-refractivity contribution >= 4 is 33.4 Å². The molecule has 1 aromatic heterocycles. The topological polar surface area (TPSA) is 79.7 Å². The molecule has 1 N–H and O–H groups in total. The SMILES string of the molecule is C[C@@H]1CN(C(=O)C2CC=CCC2c2nc3ccccc3s2)CC(C(=O)O)O1. The molecule has 0 radical (unpaired) electrons. The van der Waals surface area contributed by atoms with Crippen LogP contribution in [0.3, 0.4) is 0 Å². The van der Waals surface area contributed by atoms with Crippen LogP contribution in [0.25, 0.3) is 10.2 Å². The van der Waals surface area contributed by atoms with Crippen molar-refractivity contribution in [2.24, 2.45) is 5.92 Å². The van der Waals surface area contributed by atoms with Gasteiger partial charge in [-0.1, -0.05) is 24.3 Å². The van der Waals surface area contributed by atoms with Gasteiger partial charge >= 0.3 is 5.97 Å². The summed E-state index contributed by atoms with van der Waals surface area (Å²) < 4.78 is 6.57. The molecule has 1 saturated heterocycles. The molecule has 3 unspecified atom stereocenters. The number of hydrogen-bond acceptors (Lipinski definition) is 5. The van der Waals surface area contributed by atoms with Gasteiger partial charge in [0.05, 0.1) is 33.8 Å². The van der Waals surface area contributed by atoms with Crippen molar-refractivity contribution < 1.29 is 19.4 Å². The first kappa shape index (κ1) is 18.1. The Morgan fingerprint density at radius 2 is 2.00 bits per heavy atom. The molecule has 4 rings (SSSR count). The maximum absolute atomic E-state index is 13.3. The predicted octanol–water partition coefficient (Wildman–Crippen LogP) is 3.05. The molecule has 4 atom stereocenters. The summed E-state index contributed by atoms with van der Waals surface area (Å²) in [6.07, 6.45) is 4.34. The zero-order valence-corrected chi connectivity index (χ0v) is 15.9. The molecule has 1 amide bonds. The Hall–Kier alpha value is -2.25. The second-order valence-corrected chi connectivity index (χ2v) is 8.25. The molecule has 27 heavy (non-hydrogen) atoms. The lowest BCUT2D eigenvalue weighted by Crippen LogP contribution is -2.53. The fourth-order valence-corrected chi connectivity index (χ4v) is 5.06. The van der Waals surface area contributed by atoms with E-state index in [1.807, 2.05) is 30.3 Å². The molecule has 0 bridgehead atoms. The van der Waals surface area contributed by atoms with Crippen LogP contribution in [0, 0.1) is 5.92 Å². The number of allylic oxidation sites excluding steroid dienone is 2. The molecule has 1 fully saturated rings.